The number of nitrogens with one attached hydrogen (secondary N) is 5. The van der Waals surface area contributed by atoms with E-state index < -0.39 is 0 Å². The third-order valence-corrected chi connectivity index (χ3v) is 7.90. The summed E-state index contributed by atoms with van der Waals surface area (Å²) in [5, 5.41) is 12.4. The summed E-state index contributed by atoms with van der Waals surface area (Å²) in [5.74, 6) is -0.578. The molecule has 5 N–H and O–H groups in total. The van der Waals surface area contributed by atoms with Crippen molar-refractivity contribution in [2.75, 3.05) is 44.6 Å². The third kappa shape index (κ3) is 6.26. The Hall–Kier alpha value is -4.21. The molecule has 41 heavy (non-hydrogen) atoms. The van der Waals surface area contributed by atoms with E-state index in [0.717, 1.165) is 56.0 Å². The number of anilines is 1. The van der Waals surface area contributed by atoms with Gasteiger partial charge in [-0.2, -0.15) is 0 Å². The maximum absolute atomic E-state index is 13.2. The number of nitrogens with zero attached hydrogens (tertiary/aromatic N) is 1. The standard InChI is InChI=1S/C32H38N6O3/c1-4-26(22-8-6-5-7-9-22)36-30(39)23-10-11-27-24(18-23)25(31(40)37-27)19-28-20(2)29(21(3)35-28)32(41)34-14-17-38-15-12-33-13-16-38/h5-11,18-19,26,33,35H,4,12-17H2,1-3H3,(H,34,41)(H,36,39)(H,37,40). The Bertz CT molecular complexity index is 1470. The highest BCUT2D eigenvalue weighted by Crippen LogP contribution is 2.35. The summed E-state index contributed by atoms with van der Waals surface area (Å²) < 4.78 is 0. The van der Waals surface area contributed by atoms with Crippen molar-refractivity contribution in [3.63, 3.8) is 0 Å². The van der Waals surface area contributed by atoms with Crippen LogP contribution in [-0.2, 0) is 4.79 Å². The molecule has 0 saturated carbocycles. The molecule has 3 heterocycles. The summed E-state index contributed by atoms with van der Waals surface area (Å²) in [6.45, 7) is 11.1. The molecular formula is C32H38N6O3. The van der Waals surface area contributed by atoms with Crippen molar-refractivity contribution in [3.8, 4) is 0 Å². The Morgan fingerprint density at radius 3 is 2.54 bits per heavy atom. The molecule has 0 bridgehead atoms. The van der Waals surface area contributed by atoms with Gasteiger partial charge >= 0.3 is 0 Å². The minimum atomic E-state index is -0.248. The average Bonchev–Trinajstić information content (AvgIpc) is 3.45. The summed E-state index contributed by atoms with van der Waals surface area (Å²) in [6, 6.07) is 15.0. The van der Waals surface area contributed by atoms with Crippen molar-refractivity contribution in [2.45, 2.75) is 33.2 Å². The number of aromatic amines is 1. The molecule has 2 aliphatic heterocycles. The van der Waals surface area contributed by atoms with E-state index in [0.29, 0.717) is 40.2 Å². The monoisotopic (exact) mass is 554 g/mol. The van der Waals surface area contributed by atoms with Crippen molar-refractivity contribution < 1.29 is 14.4 Å². The number of carbonyl (C=O) groups is 3. The van der Waals surface area contributed by atoms with Crippen molar-refractivity contribution >= 4 is 35.1 Å². The number of hydrogen-bond acceptors (Lipinski definition) is 5. The average molecular weight is 555 g/mol. The summed E-state index contributed by atoms with van der Waals surface area (Å²) >= 11 is 0. The van der Waals surface area contributed by atoms with Gasteiger partial charge in [0.2, 0.25) is 0 Å². The minimum absolute atomic E-state index is 0.113. The lowest BCUT2D eigenvalue weighted by molar-refractivity contribution is -0.110. The van der Waals surface area contributed by atoms with Crippen molar-refractivity contribution in [3.05, 3.63) is 87.7 Å². The van der Waals surface area contributed by atoms with Crippen LogP contribution < -0.4 is 21.3 Å². The lowest BCUT2D eigenvalue weighted by Crippen LogP contribution is -2.46. The number of H-pyrrole nitrogens is 1. The van der Waals surface area contributed by atoms with Gasteiger partial charge in [0.25, 0.3) is 17.7 Å². The van der Waals surface area contributed by atoms with Crippen LogP contribution in [0.4, 0.5) is 5.69 Å². The molecule has 1 fully saturated rings. The molecule has 0 radical (unpaired) electrons. The smallest absolute Gasteiger partial charge is 0.256 e. The van der Waals surface area contributed by atoms with Crippen molar-refractivity contribution in [2.24, 2.45) is 0 Å². The summed E-state index contributed by atoms with van der Waals surface area (Å²) in [7, 11) is 0. The number of hydrogen-bond donors (Lipinski definition) is 5. The van der Waals surface area contributed by atoms with Crippen LogP contribution in [0.2, 0.25) is 0 Å². The second-order valence-corrected chi connectivity index (χ2v) is 10.6. The first-order valence-electron chi connectivity index (χ1n) is 14.3. The van der Waals surface area contributed by atoms with Gasteiger partial charge in [-0.1, -0.05) is 37.3 Å². The van der Waals surface area contributed by atoms with Crippen LogP contribution in [0.15, 0.2) is 48.5 Å². The van der Waals surface area contributed by atoms with Crippen LogP contribution >= 0.6 is 0 Å². The van der Waals surface area contributed by atoms with Crippen LogP contribution in [-0.4, -0.2) is 66.9 Å². The summed E-state index contributed by atoms with van der Waals surface area (Å²) in [4.78, 5) is 44.9. The molecular weight excluding hydrogens is 516 g/mol. The first-order valence-corrected chi connectivity index (χ1v) is 14.3. The Labute approximate surface area is 240 Å². The normalized spacial score (nSPS) is 16.8. The van der Waals surface area contributed by atoms with E-state index in [1.807, 2.05) is 51.1 Å². The SMILES string of the molecule is CCC(NC(=O)c1ccc2c(c1)C(=Cc1[nH]c(C)c(C(=O)NCCN3CCNCC3)c1C)C(=O)N2)c1ccccc1. The maximum atomic E-state index is 13.2. The maximum Gasteiger partial charge on any atom is 0.256 e. The third-order valence-electron chi connectivity index (χ3n) is 7.90. The molecule has 2 aliphatic rings. The molecule has 5 rings (SSSR count). The van der Waals surface area contributed by atoms with E-state index in [1.165, 1.54) is 0 Å². The van der Waals surface area contributed by atoms with E-state index >= 15 is 0 Å². The predicted octanol–water partition coefficient (Wildman–Crippen LogP) is 3.64. The van der Waals surface area contributed by atoms with E-state index in [9.17, 15) is 14.4 Å². The first-order chi connectivity index (χ1) is 19.9. The van der Waals surface area contributed by atoms with Crippen molar-refractivity contribution in [1.29, 1.82) is 0 Å². The molecule has 1 saturated heterocycles. The first kappa shape index (κ1) is 28.3. The number of aryl methyl sites for hydroxylation is 1. The van der Waals surface area contributed by atoms with Gasteiger partial charge < -0.3 is 26.3 Å². The lowest BCUT2D eigenvalue weighted by Gasteiger charge is -2.27. The number of benzene rings is 2. The molecule has 1 aromatic heterocycles. The largest absolute Gasteiger partial charge is 0.358 e. The Kier molecular flexibility index (Phi) is 8.66. The Balaban J connectivity index is 1.33. The highest BCUT2D eigenvalue weighted by atomic mass is 16.2. The van der Waals surface area contributed by atoms with Crippen LogP contribution in [0.1, 0.15) is 68.2 Å². The van der Waals surface area contributed by atoms with Gasteiger partial charge in [0, 0.05) is 67.5 Å². The predicted molar refractivity (Wildman–Crippen MR) is 162 cm³/mol. The molecule has 1 unspecified atom stereocenters. The quantitative estimate of drug-likeness (QED) is 0.259. The molecule has 9 heteroatoms. The zero-order valence-corrected chi connectivity index (χ0v) is 23.9. The molecule has 0 aliphatic carbocycles. The van der Waals surface area contributed by atoms with E-state index in [4.69, 9.17) is 0 Å². The van der Waals surface area contributed by atoms with Crippen LogP contribution in [0, 0.1) is 13.8 Å². The molecule has 214 valence electrons. The summed E-state index contributed by atoms with van der Waals surface area (Å²) in [6.07, 6.45) is 2.52. The fourth-order valence-corrected chi connectivity index (χ4v) is 5.57. The van der Waals surface area contributed by atoms with Gasteiger partial charge in [-0.3, -0.25) is 19.3 Å². The van der Waals surface area contributed by atoms with Gasteiger partial charge in [0.05, 0.1) is 17.2 Å². The number of aromatic nitrogens is 1. The highest BCUT2D eigenvalue weighted by Gasteiger charge is 2.27. The molecule has 9 nitrogen and oxygen atoms in total. The van der Waals surface area contributed by atoms with E-state index in [2.05, 4.69) is 31.2 Å². The lowest BCUT2D eigenvalue weighted by atomic mass is 10.0. The van der Waals surface area contributed by atoms with Gasteiger partial charge in [0.1, 0.15) is 0 Å². The zero-order valence-electron chi connectivity index (χ0n) is 23.9. The van der Waals surface area contributed by atoms with Crippen LogP contribution in [0.5, 0.6) is 0 Å². The number of carbonyl (C=O) groups excluding carboxylic acids is 3. The molecule has 1 atom stereocenters. The second kappa shape index (κ2) is 12.5. The van der Waals surface area contributed by atoms with Crippen LogP contribution in [0.3, 0.4) is 0 Å². The van der Waals surface area contributed by atoms with Gasteiger partial charge in [-0.05, 0) is 55.7 Å². The molecule has 2 aromatic carbocycles. The summed E-state index contributed by atoms with van der Waals surface area (Å²) in [5.41, 5.74) is 6.08. The van der Waals surface area contributed by atoms with Crippen molar-refractivity contribution in [1.82, 2.24) is 25.8 Å². The van der Waals surface area contributed by atoms with Gasteiger partial charge in [-0.25, -0.2) is 0 Å². The van der Waals surface area contributed by atoms with Crippen LogP contribution in [0.25, 0.3) is 11.6 Å². The fraction of sp³-hybridized carbons (Fsp3) is 0.344. The van der Waals surface area contributed by atoms with E-state index in [-0.39, 0.29) is 23.8 Å². The second-order valence-electron chi connectivity index (χ2n) is 10.6. The fourth-order valence-electron chi connectivity index (χ4n) is 5.57. The minimum Gasteiger partial charge on any atom is -0.358 e. The highest BCUT2D eigenvalue weighted by molar-refractivity contribution is 6.35. The molecule has 0 spiro atoms. The number of amides is 3. The molecule has 3 aromatic rings. The Morgan fingerprint density at radius 2 is 1.80 bits per heavy atom. The zero-order chi connectivity index (χ0) is 28.9. The topological polar surface area (TPSA) is 118 Å². The number of fused-ring (bicyclic) bond motifs is 1. The number of rotatable bonds is 9. The van der Waals surface area contributed by atoms with Gasteiger partial charge in [0.15, 0.2) is 0 Å². The number of piperazine rings is 1. The molecule has 3 amide bonds. The van der Waals surface area contributed by atoms with Gasteiger partial charge in [-0.15, -0.1) is 0 Å². The Morgan fingerprint density at radius 1 is 1.05 bits per heavy atom. The van der Waals surface area contributed by atoms with E-state index in [1.54, 1.807) is 24.3 Å².